The van der Waals surface area contributed by atoms with Crippen molar-refractivity contribution in [3.8, 4) is 5.69 Å². The minimum Gasteiger partial charge on any atom is -0.328 e. The first-order chi connectivity index (χ1) is 8.08. The Kier molecular flexibility index (Phi) is 3.45. The maximum atomic E-state index is 13.9. The van der Waals surface area contributed by atoms with E-state index in [0.29, 0.717) is 17.1 Å². The Labute approximate surface area is 104 Å². The van der Waals surface area contributed by atoms with Gasteiger partial charge >= 0.3 is 0 Å². The molecule has 2 N–H and O–H groups in total. The Morgan fingerprint density at radius 3 is 2.88 bits per heavy atom. The predicted octanol–water partition coefficient (Wildman–Crippen LogP) is 2.55. The number of nitrogens with zero attached hydrogens (tertiary/aromatic N) is 2. The molecule has 2 rings (SSSR count). The molecule has 5 heteroatoms. The standard InChI is InChI=1S/C12H13ClFN3/c1-8(15)5-9-3-2-4-11(14)12(9)17-7-10(13)6-16-17/h2-4,6-8H,5,15H2,1H3. The smallest absolute Gasteiger partial charge is 0.149 e. The average Bonchev–Trinajstić information content (AvgIpc) is 2.64. The van der Waals surface area contributed by atoms with Crippen molar-refractivity contribution >= 4 is 11.6 Å². The monoisotopic (exact) mass is 253 g/mol. The topological polar surface area (TPSA) is 43.8 Å². The summed E-state index contributed by atoms with van der Waals surface area (Å²) in [5, 5.41) is 4.49. The fourth-order valence-electron chi connectivity index (χ4n) is 1.75. The lowest BCUT2D eigenvalue weighted by molar-refractivity contribution is 0.603. The van der Waals surface area contributed by atoms with Gasteiger partial charge in [-0.2, -0.15) is 5.10 Å². The predicted molar refractivity (Wildman–Crippen MR) is 65.9 cm³/mol. The van der Waals surface area contributed by atoms with E-state index in [1.807, 2.05) is 13.0 Å². The van der Waals surface area contributed by atoms with Crippen LogP contribution in [0, 0.1) is 5.82 Å². The summed E-state index contributed by atoms with van der Waals surface area (Å²) in [6, 6.07) is 4.87. The van der Waals surface area contributed by atoms with Crippen molar-refractivity contribution in [2.45, 2.75) is 19.4 Å². The fraction of sp³-hybridized carbons (Fsp3) is 0.250. The van der Waals surface area contributed by atoms with Crippen LogP contribution in [0.3, 0.4) is 0 Å². The molecule has 0 bridgehead atoms. The molecule has 2 aromatic rings. The molecule has 0 amide bonds. The molecule has 17 heavy (non-hydrogen) atoms. The van der Waals surface area contributed by atoms with Crippen molar-refractivity contribution in [1.29, 1.82) is 0 Å². The zero-order valence-corrected chi connectivity index (χ0v) is 10.2. The molecule has 0 fully saturated rings. The molecule has 3 nitrogen and oxygen atoms in total. The Balaban J connectivity index is 2.50. The van der Waals surface area contributed by atoms with Gasteiger partial charge in [0, 0.05) is 12.2 Å². The van der Waals surface area contributed by atoms with Gasteiger partial charge in [-0.1, -0.05) is 23.7 Å². The summed E-state index contributed by atoms with van der Waals surface area (Å²) in [4.78, 5) is 0. The highest BCUT2D eigenvalue weighted by Gasteiger charge is 2.12. The zero-order valence-electron chi connectivity index (χ0n) is 9.40. The Hall–Kier alpha value is -1.39. The summed E-state index contributed by atoms with van der Waals surface area (Å²) in [6.45, 7) is 1.88. The lowest BCUT2D eigenvalue weighted by Gasteiger charge is -2.12. The van der Waals surface area contributed by atoms with E-state index in [1.165, 1.54) is 16.9 Å². The summed E-state index contributed by atoms with van der Waals surface area (Å²) in [5.74, 6) is -0.331. The molecule has 0 saturated heterocycles. The molecular weight excluding hydrogens is 241 g/mol. The molecule has 0 aliphatic heterocycles. The van der Waals surface area contributed by atoms with Crippen LogP contribution in [-0.2, 0) is 6.42 Å². The normalized spacial score (nSPS) is 12.7. The molecule has 0 radical (unpaired) electrons. The largest absolute Gasteiger partial charge is 0.328 e. The fourth-order valence-corrected chi connectivity index (χ4v) is 1.89. The first-order valence-electron chi connectivity index (χ1n) is 5.31. The van der Waals surface area contributed by atoms with Crippen molar-refractivity contribution in [1.82, 2.24) is 9.78 Å². The van der Waals surface area contributed by atoms with E-state index >= 15 is 0 Å². The Morgan fingerprint density at radius 2 is 2.29 bits per heavy atom. The first-order valence-corrected chi connectivity index (χ1v) is 5.69. The molecule has 1 aromatic heterocycles. The highest BCUT2D eigenvalue weighted by Crippen LogP contribution is 2.21. The van der Waals surface area contributed by atoms with E-state index in [1.54, 1.807) is 12.3 Å². The van der Waals surface area contributed by atoms with Crippen LogP contribution in [0.25, 0.3) is 5.69 Å². The van der Waals surface area contributed by atoms with Gasteiger partial charge in [0.15, 0.2) is 0 Å². The van der Waals surface area contributed by atoms with Gasteiger partial charge in [0.05, 0.1) is 11.2 Å². The number of aromatic nitrogens is 2. The summed E-state index contributed by atoms with van der Waals surface area (Å²) >= 11 is 5.79. The number of hydrogen-bond acceptors (Lipinski definition) is 2. The van der Waals surface area contributed by atoms with E-state index in [0.717, 1.165) is 5.56 Å². The van der Waals surface area contributed by atoms with Crippen molar-refractivity contribution in [2.75, 3.05) is 0 Å². The van der Waals surface area contributed by atoms with E-state index in [-0.39, 0.29) is 11.9 Å². The van der Waals surface area contributed by atoms with Gasteiger partial charge in [0.25, 0.3) is 0 Å². The van der Waals surface area contributed by atoms with Crippen LogP contribution in [0.4, 0.5) is 4.39 Å². The van der Waals surface area contributed by atoms with Gasteiger partial charge in [0.1, 0.15) is 11.5 Å². The molecule has 0 aliphatic carbocycles. The third-order valence-corrected chi connectivity index (χ3v) is 2.59. The third kappa shape index (κ3) is 2.65. The minimum absolute atomic E-state index is 0.0402. The maximum absolute atomic E-state index is 13.9. The molecule has 0 aliphatic rings. The van der Waals surface area contributed by atoms with E-state index in [9.17, 15) is 4.39 Å². The van der Waals surface area contributed by atoms with E-state index in [2.05, 4.69) is 5.10 Å². The zero-order chi connectivity index (χ0) is 12.4. The lowest BCUT2D eigenvalue weighted by atomic mass is 10.1. The average molecular weight is 254 g/mol. The van der Waals surface area contributed by atoms with Gasteiger partial charge in [-0.15, -0.1) is 0 Å². The molecule has 1 unspecified atom stereocenters. The number of nitrogens with two attached hydrogens (primary N) is 1. The number of halogens is 2. The second-order valence-electron chi connectivity index (χ2n) is 4.03. The Morgan fingerprint density at radius 1 is 1.53 bits per heavy atom. The van der Waals surface area contributed by atoms with E-state index in [4.69, 9.17) is 17.3 Å². The number of benzene rings is 1. The molecule has 0 saturated carbocycles. The maximum Gasteiger partial charge on any atom is 0.149 e. The highest BCUT2D eigenvalue weighted by atomic mass is 35.5. The number of hydrogen-bond donors (Lipinski definition) is 1. The number of rotatable bonds is 3. The van der Waals surface area contributed by atoms with Crippen LogP contribution in [0.1, 0.15) is 12.5 Å². The van der Waals surface area contributed by atoms with Gasteiger partial charge < -0.3 is 5.73 Å². The first kappa shape index (κ1) is 12.1. The number of para-hydroxylation sites is 1. The Bertz CT molecular complexity index is 522. The molecule has 1 aromatic carbocycles. The third-order valence-electron chi connectivity index (χ3n) is 2.39. The van der Waals surface area contributed by atoms with Gasteiger partial charge in [0.2, 0.25) is 0 Å². The van der Waals surface area contributed by atoms with Crippen LogP contribution >= 0.6 is 11.6 Å². The molecule has 1 heterocycles. The van der Waals surface area contributed by atoms with Crippen molar-refractivity contribution in [2.24, 2.45) is 5.73 Å². The second-order valence-corrected chi connectivity index (χ2v) is 4.47. The van der Waals surface area contributed by atoms with Crippen molar-refractivity contribution in [3.05, 3.63) is 47.0 Å². The molecule has 0 spiro atoms. The van der Waals surface area contributed by atoms with E-state index < -0.39 is 0 Å². The molecular formula is C12H13ClFN3. The molecule has 90 valence electrons. The van der Waals surface area contributed by atoms with Crippen molar-refractivity contribution < 1.29 is 4.39 Å². The molecule has 1 atom stereocenters. The van der Waals surface area contributed by atoms with Crippen molar-refractivity contribution in [3.63, 3.8) is 0 Å². The summed E-state index contributed by atoms with van der Waals surface area (Å²) in [5.41, 5.74) is 6.98. The minimum atomic E-state index is -0.331. The van der Waals surface area contributed by atoms with Crippen LogP contribution in [-0.4, -0.2) is 15.8 Å². The van der Waals surface area contributed by atoms with Gasteiger partial charge in [-0.05, 0) is 25.0 Å². The summed E-state index contributed by atoms with van der Waals surface area (Å²) in [7, 11) is 0. The lowest BCUT2D eigenvalue weighted by Crippen LogP contribution is -2.19. The quantitative estimate of drug-likeness (QED) is 0.914. The van der Waals surface area contributed by atoms with Gasteiger partial charge in [-0.3, -0.25) is 0 Å². The van der Waals surface area contributed by atoms with Crippen LogP contribution in [0.15, 0.2) is 30.6 Å². The van der Waals surface area contributed by atoms with Crippen LogP contribution in [0.2, 0.25) is 5.02 Å². The highest BCUT2D eigenvalue weighted by molar-refractivity contribution is 6.30. The summed E-state index contributed by atoms with van der Waals surface area (Å²) < 4.78 is 15.3. The second kappa shape index (κ2) is 4.85. The SMILES string of the molecule is CC(N)Cc1cccc(F)c1-n1cc(Cl)cn1. The summed E-state index contributed by atoms with van der Waals surface area (Å²) in [6.07, 6.45) is 3.64. The van der Waals surface area contributed by atoms with Gasteiger partial charge in [-0.25, -0.2) is 9.07 Å². The van der Waals surface area contributed by atoms with Crippen LogP contribution < -0.4 is 5.73 Å². The van der Waals surface area contributed by atoms with Crippen LogP contribution in [0.5, 0.6) is 0 Å².